The summed E-state index contributed by atoms with van der Waals surface area (Å²) in [6.07, 6.45) is 3.56. The summed E-state index contributed by atoms with van der Waals surface area (Å²) >= 11 is 0. The van der Waals surface area contributed by atoms with Gasteiger partial charge in [-0.25, -0.2) is 14.6 Å². The van der Waals surface area contributed by atoms with Gasteiger partial charge in [0.05, 0.1) is 24.5 Å². The fourth-order valence-electron chi connectivity index (χ4n) is 2.67. The Kier molecular flexibility index (Phi) is 4.48. The monoisotopic (exact) mass is 329 g/mol. The van der Waals surface area contributed by atoms with Crippen molar-refractivity contribution < 1.29 is 5.11 Å². The molecule has 8 nitrogen and oxygen atoms in total. The lowest BCUT2D eigenvalue weighted by atomic mass is 10.1. The highest BCUT2D eigenvalue weighted by molar-refractivity contribution is 5.72. The van der Waals surface area contributed by atoms with E-state index in [-0.39, 0.29) is 6.04 Å². The highest BCUT2D eigenvalue weighted by atomic mass is 16.3. The van der Waals surface area contributed by atoms with Gasteiger partial charge in [-0.1, -0.05) is 20.8 Å². The van der Waals surface area contributed by atoms with Gasteiger partial charge >= 0.3 is 0 Å². The third-order valence-corrected chi connectivity index (χ3v) is 4.07. The number of fused-ring (bicyclic) bond motifs is 1. The molecule has 0 aliphatic carbocycles. The fraction of sp³-hybridized carbons (Fsp3) is 0.500. The minimum absolute atomic E-state index is 0.134. The predicted octanol–water partition coefficient (Wildman–Crippen LogP) is 2.75. The summed E-state index contributed by atoms with van der Waals surface area (Å²) in [7, 11) is 0. The van der Waals surface area contributed by atoms with Crippen molar-refractivity contribution in [1.82, 2.24) is 29.9 Å². The van der Waals surface area contributed by atoms with Gasteiger partial charge in [-0.2, -0.15) is 10.2 Å². The maximum atomic E-state index is 9.96. The van der Waals surface area contributed by atoms with Gasteiger partial charge in [0.25, 0.3) is 0 Å². The molecule has 24 heavy (non-hydrogen) atoms. The molecule has 3 rings (SSSR count). The van der Waals surface area contributed by atoms with E-state index in [1.54, 1.807) is 24.0 Å². The normalized spacial score (nSPS) is 14.2. The molecule has 0 amide bonds. The Morgan fingerprint density at radius 3 is 2.67 bits per heavy atom. The second-order valence-electron chi connectivity index (χ2n) is 6.26. The lowest BCUT2D eigenvalue weighted by molar-refractivity contribution is 0.122. The zero-order valence-corrected chi connectivity index (χ0v) is 14.4. The number of nitrogens with one attached hydrogen (secondary N) is 2. The van der Waals surface area contributed by atoms with Crippen molar-refractivity contribution >= 4 is 22.8 Å². The standard InChI is InChI=1S/C16H23N7O/c1-5-13(10(4)24)23-16-12(7-18-23)17-8-15(20-16)19-14-6-11(9(2)3)21-22-14/h6-10,13,24H,5H2,1-4H3,(H2,19,20,21,22)/t10-,13-/m0/s1. The van der Waals surface area contributed by atoms with Gasteiger partial charge in [0.15, 0.2) is 17.3 Å². The van der Waals surface area contributed by atoms with Crippen LogP contribution in [0.1, 0.15) is 51.8 Å². The zero-order chi connectivity index (χ0) is 17.3. The number of aromatic amines is 1. The number of rotatable bonds is 6. The van der Waals surface area contributed by atoms with Gasteiger partial charge in [0.1, 0.15) is 5.52 Å². The summed E-state index contributed by atoms with van der Waals surface area (Å²) in [4.78, 5) is 8.99. The largest absolute Gasteiger partial charge is 0.391 e. The summed E-state index contributed by atoms with van der Waals surface area (Å²) < 4.78 is 1.74. The Morgan fingerprint density at radius 2 is 2.04 bits per heavy atom. The molecule has 0 aliphatic rings. The number of hydrogen-bond acceptors (Lipinski definition) is 6. The van der Waals surface area contributed by atoms with Crippen LogP contribution in [0, 0.1) is 0 Å². The van der Waals surface area contributed by atoms with Crippen LogP contribution in [0.4, 0.5) is 11.6 Å². The van der Waals surface area contributed by atoms with Gasteiger partial charge in [-0.15, -0.1) is 0 Å². The third-order valence-electron chi connectivity index (χ3n) is 4.07. The van der Waals surface area contributed by atoms with E-state index in [4.69, 9.17) is 0 Å². The first-order chi connectivity index (χ1) is 11.5. The summed E-state index contributed by atoms with van der Waals surface area (Å²) in [6.45, 7) is 7.97. The molecule has 3 aromatic rings. The molecule has 0 aliphatic heterocycles. The van der Waals surface area contributed by atoms with Gasteiger partial charge in [0.2, 0.25) is 0 Å². The quantitative estimate of drug-likeness (QED) is 0.642. The molecule has 128 valence electrons. The molecule has 3 N–H and O–H groups in total. The molecular formula is C16H23N7O. The lowest BCUT2D eigenvalue weighted by Crippen LogP contribution is -2.22. The van der Waals surface area contributed by atoms with E-state index in [2.05, 4.69) is 44.4 Å². The highest BCUT2D eigenvalue weighted by Crippen LogP contribution is 2.23. The van der Waals surface area contributed by atoms with Crippen LogP contribution in [0.15, 0.2) is 18.5 Å². The zero-order valence-electron chi connectivity index (χ0n) is 14.4. The number of H-pyrrole nitrogens is 1. The second kappa shape index (κ2) is 6.56. The van der Waals surface area contributed by atoms with Crippen molar-refractivity contribution in [2.24, 2.45) is 0 Å². The molecule has 0 fully saturated rings. The molecule has 0 spiro atoms. The van der Waals surface area contributed by atoms with E-state index in [0.29, 0.717) is 28.7 Å². The maximum Gasteiger partial charge on any atom is 0.179 e. The Balaban J connectivity index is 1.92. The smallest absolute Gasteiger partial charge is 0.179 e. The first-order valence-corrected chi connectivity index (χ1v) is 8.20. The molecule has 0 saturated carbocycles. The van der Waals surface area contributed by atoms with E-state index in [9.17, 15) is 5.11 Å². The third kappa shape index (κ3) is 3.09. The molecular weight excluding hydrogens is 306 g/mol. The summed E-state index contributed by atoms with van der Waals surface area (Å²) in [5.74, 6) is 1.66. The molecule has 0 radical (unpaired) electrons. The van der Waals surface area contributed by atoms with Crippen LogP contribution < -0.4 is 5.32 Å². The first-order valence-electron chi connectivity index (χ1n) is 8.20. The van der Waals surface area contributed by atoms with Crippen LogP contribution in [0.25, 0.3) is 11.2 Å². The Bertz CT molecular complexity index is 821. The van der Waals surface area contributed by atoms with Crippen LogP contribution in [0.5, 0.6) is 0 Å². The van der Waals surface area contributed by atoms with Gasteiger partial charge in [-0.05, 0) is 19.3 Å². The average Bonchev–Trinajstić information content (AvgIpc) is 3.15. The Hall–Kier alpha value is -2.48. The van der Waals surface area contributed by atoms with Crippen molar-refractivity contribution in [1.29, 1.82) is 0 Å². The van der Waals surface area contributed by atoms with Crippen LogP contribution in [-0.4, -0.2) is 41.2 Å². The molecule has 0 bridgehead atoms. The topological polar surface area (TPSA) is 105 Å². The molecule has 0 unspecified atom stereocenters. The van der Waals surface area contributed by atoms with Crippen molar-refractivity contribution in [3.05, 3.63) is 24.2 Å². The molecule has 0 saturated heterocycles. The van der Waals surface area contributed by atoms with Gasteiger partial charge in [0, 0.05) is 11.8 Å². The van der Waals surface area contributed by atoms with Crippen molar-refractivity contribution in [3.8, 4) is 0 Å². The van der Waals surface area contributed by atoms with Crippen molar-refractivity contribution in [2.45, 2.75) is 52.2 Å². The van der Waals surface area contributed by atoms with Crippen molar-refractivity contribution in [2.75, 3.05) is 5.32 Å². The number of anilines is 2. The molecule has 3 aromatic heterocycles. The van der Waals surface area contributed by atoms with E-state index >= 15 is 0 Å². The van der Waals surface area contributed by atoms with Crippen LogP contribution in [0.3, 0.4) is 0 Å². The van der Waals surface area contributed by atoms with E-state index in [1.165, 1.54) is 0 Å². The molecule has 3 heterocycles. The second-order valence-corrected chi connectivity index (χ2v) is 6.26. The lowest BCUT2D eigenvalue weighted by Gasteiger charge is -2.19. The van der Waals surface area contributed by atoms with E-state index < -0.39 is 6.10 Å². The Labute approximate surface area is 140 Å². The molecule has 0 aromatic carbocycles. The van der Waals surface area contributed by atoms with Gasteiger partial charge < -0.3 is 10.4 Å². The number of nitrogens with zero attached hydrogens (tertiary/aromatic N) is 5. The average molecular weight is 329 g/mol. The van der Waals surface area contributed by atoms with Crippen LogP contribution >= 0.6 is 0 Å². The minimum Gasteiger partial charge on any atom is -0.391 e. The van der Waals surface area contributed by atoms with Crippen molar-refractivity contribution in [3.63, 3.8) is 0 Å². The summed E-state index contributed by atoms with van der Waals surface area (Å²) in [5, 5.41) is 24.7. The minimum atomic E-state index is -0.517. The number of hydrogen-bond donors (Lipinski definition) is 3. The van der Waals surface area contributed by atoms with Crippen LogP contribution in [-0.2, 0) is 0 Å². The number of aromatic nitrogens is 6. The number of aliphatic hydroxyl groups excluding tert-OH is 1. The summed E-state index contributed by atoms with van der Waals surface area (Å²) in [5.41, 5.74) is 2.40. The van der Waals surface area contributed by atoms with E-state index in [0.717, 1.165) is 12.1 Å². The molecule has 2 atom stereocenters. The van der Waals surface area contributed by atoms with Gasteiger partial charge in [-0.3, -0.25) is 5.10 Å². The SMILES string of the molecule is CC[C@@H]([C@H](C)O)n1ncc2ncc(Nc3cc(C(C)C)[nH]n3)nc21. The number of aliphatic hydroxyl groups is 1. The predicted molar refractivity (Wildman–Crippen MR) is 92.3 cm³/mol. The Morgan fingerprint density at radius 1 is 1.25 bits per heavy atom. The highest BCUT2D eigenvalue weighted by Gasteiger charge is 2.19. The van der Waals surface area contributed by atoms with Crippen LogP contribution in [0.2, 0.25) is 0 Å². The molecule has 8 heteroatoms. The van der Waals surface area contributed by atoms with E-state index in [1.807, 2.05) is 13.0 Å². The first kappa shape index (κ1) is 16.4. The summed E-state index contributed by atoms with van der Waals surface area (Å²) in [6, 6.07) is 1.82. The maximum absolute atomic E-state index is 9.96. The fourth-order valence-corrected chi connectivity index (χ4v) is 2.67.